The van der Waals surface area contributed by atoms with Crippen LogP contribution in [0.2, 0.25) is 0 Å². The molecule has 0 radical (unpaired) electrons. The van der Waals surface area contributed by atoms with Crippen LogP contribution in [-0.4, -0.2) is 119 Å². The van der Waals surface area contributed by atoms with Gasteiger partial charge in [-0.05, 0) is 18.8 Å². The molecule has 0 aliphatic carbocycles. The Morgan fingerprint density at radius 2 is 2.03 bits per heavy atom. The van der Waals surface area contributed by atoms with Gasteiger partial charge in [-0.1, -0.05) is 25.7 Å². The minimum atomic E-state index is -0.690. The molecule has 4 aliphatic heterocycles. The largest absolute Gasteiger partial charge is 0.461 e. The standard InChI is InChI=1S/C26H39N3O6S/c1-4-7-28(10-9-27-11-15-34-16-12-27)24(32)22-26-18(3)17-19(36-26)20(25(33)35-14-5-2)21(26)23(31)29(22)8-6-13-30/h4-5,18-22,30H,1-2,6-17H2,3H3/t18?,19-,20+,21+,22?,26?/m1/s1. The van der Waals surface area contributed by atoms with Crippen molar-refractivity contribution in [2.45, 2.75) is 35.8 Å². The number of hydrogen-bond donors (Lipinski definition) is 1. The van der Waals surface area contributed by atoms with E-state index >= 15 is 0 Å². The second-order valence-electron chi connectivity index (χ2n) is 10.1. The molecule has 4 aliphatic rings. The first kappa shape index (κ1) is 27.2. The highest BCUT2D eigenvalue weighted by atomic mass is 32.2. The predicted molar refractivity (Wildman–Crippen MR) is 137 cm³/mol. The molecule has 4 fully saturated rings. The van der Waals surface area contributed by atoms with Gasteiger partial charge in [0, 0.05) is 51.1 Å². The van der Waals surface area contributed by atoms with Crippen molar-refractivity contribution < 1.29 is 29.0 Å². The van der Waals surface area contributed by atoms with E-state index < -0.39 is 22.6 Å². The Labute approximate surface area is 217 Å². The van der Waals surface area contributed by atoms with Gasteiger partial charge in [0.2, 0.25) is 11.8 Å². The number of aliphatic hydroxyl groups is 1. The van der Waals surface area contributed by atoms with Gasteiger partial charge in [-0.3, -0.25) is 19.3 Å². The van der Waals surface area contributed by atoms with E-state index in [0.29, 0.717) is 32.7 Å². The smallest absolute Gasteiger partial charge is 0.311 e. The third kappa shape index (κ3) is 4.73. The molecule has 0 saturated carbocycles. The molecule has 0 aromatic carbocycles. The van der Waals surface area contributed by atoms with E-state index in [4.69, 9.17) is 9.47 Å². The first-order valence-electron chi connectivity index (χ1n) is 13.0. The number of likely N-dealkylation sites (tertiary alicyclic amines) is 1. The van der Waals surface area contributed by atoms with Gasteiger partial charge in [0.05, 0.1) is 29.8 Å². The fourth-order valence-corrected chi connectivity index (χ4v) is 8.90. The van der Waals surface area contributed by atoms with E-state index in [1.165, 1.54) is 6.08 Å². The Morgan fingerprint density at radius 3 is 2.69 bits per heavy atom. The zero-order valence-electron chi connectivity index (χ0n) is 21.2. The number of thioether (sulfide) groups is 1. The average molecular weight is 522 g/mol. The maximum absolute atomic E-state index is 14.3. The average Bonchev–Trinajstić information content (AvgIpc) is 3.47. The van der Waals surface area contributed by atoms with Crippen molar-refractivity contribution in [3.8, 4) is 0 Å². The summed E-state index contributed by atoms with van der Waals surface area (Å²) in [4.78, 5) is 47.0. The summed E-state index contributed by atoms with van der Waals surface area (Å²) in [6.45, 7) is 14.5. The normalized spacial score (nSPS) is 33.4. The third-order valence-electron chi connectivity index (χ3n) is 8.10. The number of rotatable bonds is 12. The monoisotopic (exact) mass is 521 g/mol. The molecule has 4 rings (SSSR count). The number of ether oxygens (including phenoxy) is 2. The number of morpholine rings is 1. The molecule has 4 saturated heterocycles. The number of esters is 1. The van der Waals surface area contributed by atoms with Crippen LogP contribution in [0, 0.1) is 17.8 Å². The van der Waals surface area contributed by atoms with Crippen LogP contribution in [0.25, 0.3) is 0 Å². The summed E-state index contributed by atoms with van der Waals surface area (Å²) in [5, 5.41) is 9.48. The van der Waals surface area contributed by atoms with Gasteiger partial charge < -0.3 is 24.4 Å². The highest BCUT2D eigenvalue weighted by Gasteiger charge is 2.76. The molecule has 2 bridgehead atoms. The lowest BCUT2D eigenvalue weighted by Gasteiger charge is -2.41. The molecule has 1 N–H and O–H groups in total. The molecule has 0 aromatic rings. The Hall–Kier alpha value is -1.88. The summed E-state index contributed by atoms with van der Waals surface area (Å²) < 4.78 is 10.2. The van der Waals surface area contributed by atoms with Gasteiger partial charge in [0.1, 0.15) is 12.6 Å². The molecule has 2 amide bonds. The van der Waals surface area contributed by atoms with Crippen molar-refractivity contribution >= 4 is 29.5 Å². The fourth-order valence-electron chi connectivity index (χ4n) is 6.49. The van der Waals surface area contributed by atoms with Crippen molar-refractivity contribution in [3.63, 3.8) is 0 Å². The molecule has 3 unspecified atom stereocenters. The van der Waals surface area contributed by atoms with Gasteiger partial charge >= 0.3 is 5.97 Å². The van der Waals surface area contributed by atoms with E-state index in [-0.39, 0.29) is 48.7 Å². The molecule has 0 aromatic heterocycles. The van der Waals surface area contributed by atoms with Crippen molar-refractivity contribution in [2.24, 2.45) is 17.8 Å². The number of carbonyl (C=O) groups is 3. The Kier molecular flexibility index (Phi) is 8.80. The van der Waals surface area contributed by atoms with Crippen molar-refractivity contribution in [1.29, 1.82) is 0 Å². The molecular weight excluding hydrogens is 482 g/mol. The van der Waals surface area contributed by atoms with E-state index in [1.807, 2.05) is 0 Å². The summed E-state index contributed by atoms with van der Waals surface area (Å²) in [5.41, 5.74) is 0. The number of nitrogens with zero attached hydrogens (tertiary/aromatic N) is 3. The molecule has 36 heavy (non-hydrogen) atoms. The summed E-state index contributed by atoms with van der Waals surface area (Å²) in [5.74, 6) is -1.75. The SMILES string of the molecule is C=CCOC(=O)[C@@H]1[C@H]2C(=O)N(CCCO)C(C(=O)N(CC=C)CCN3CCOCC3)C23S[C@@H]1CC3C. The highest BCUT2D eigenvalue weighted by molar-refractivity contribution is 8.02. The van der Waals surface area contributed by atoms with Gasteiger partial charge in [-0.25, -0.2) is 0 Å². The first-order valence-corrected chi connectivity index (χ1v) is 13.8. The van der Waals surface area contributed by atoms with Gasteiger partial charge in [-0.2, -0.15) is 0 Å². The molecule has 9 nitrogen and oxygen atoms in total. The van der Waals surface area contributed by atoms with Gasteiger partial charge in [0.15, 0.2) is 0 Å². The number of carbonyl (C=O) groups excluding carboxylic acids is 3. The summed E-state index contributed by atoms with van der Waals surface area (Å²) in [6, 6.07) is -0.687. The van der Waals surface area contributed by atoms with Gasteiger partial charge in [0.25, 0.3) is 0 Å². The lowest BCUT2D eigenvalue weighted by atomic mass is 9.66. The third-order valence-corrected chi connectivity index (χ3v) is 10.2. The summed E-state index contributed by atoms with van der Waals surface area (Å²) >= 11 is 1.63. The lowest BCUT2D eigenvalue weighted by molar-refractivity contribution is -0.153. The van der Waals surface area contributed by atoms with E-state index in [9.17, 15) is 19.5 Å². The van der Waals surface area contributed by atoms with Crippen LogP contribution >= 0.6 is 11.8 Å². The van der Waals surface area contributed by atoms with E-state index in [0.717, 1.165) is 26.1 Å². The van der Waals surface area contributed by atoms with Crippen molar-refractivity contribution in [1.82, 2.24) is 14.7 Å². The molecule has 10 heteroatoms. The molecule has 4 heterocycles. The quantitative estimate of drug-likeness (QED) is 0.297. The van der Waals surface area contributed by atoms with Crippen molar-refractivity contribution in [3.05, 3.63) is 25.3 Å². The number of fused-ring (bicyclic) bond motifs is 1. The topological polar surface area (TPSA) is 99.6 Å². The summed E-state index contributed by atoms with van der Waals surface area (Å²) in [7, 11) is 0. The second-order valence-corrected chi connectivity index (χ2v) is 11.7. The van der Waals surface area contributed by atoms with Crippen LogP contribution in [-0.2, 0) is 23.9 Å². The molecule has 6 atom stereocenters. The Morgan fingerprint density at radius 1 is 1.28 bits per heavy atom. The predicted octanol–water partition coefficient (Wildman–Crippen LogP) is 0.782. The molecule has 1 spiro atoms. The fraction of sp³-hybridized carbons (Fsp3) is 0.731. The van der Waals surface area contributed by atoms with Gasteiger partial charge in [-0.15, -0.1) is 18.3 Å². The maximum Gasteiger partial charge on any atom is 0.311 e. The molecular formula is C26H39N3O6S. The minimum absolute atomic E-state index is 0.0530. The van der Waals surface area contributed by atoms with Crippen LogP contribution in [0.15, 0.2) is 25.3 Å². The number of aliphatic hydroxyl groups excluding tert-OH is 1. The zero-order chi connectivity index (χ0) is 25.9. The highest BCUT2D eigenvalue weighted by Crippen LogP contribution is 2.68. The summed E-state index contributed by atoms with van der Waals surface area (Å²) in [6.07, 6.45) is 4.38. The van der Waals surface area contributed by atoms with Crippen molar-refractivity contribution in [2.75, 3.05) is 65.7 Å². The van der Waals surface area contributed by atoms with Crippen LogP contribution in [0.1, 0.15) is 19.8 Å². The minimum Gasteiger partial charge on any atom is -0.461 e. The molecule has 200 valence electrons. The van der Waals surface area contributed by atoms with Crippen LogP contribution in [0.4, 0.5) is 0 Å². The Bertz CT molecular complexity index is 865. The van der Waals surface area contributed by atoms with E-state index in [1.54, 1.807) is 27.6 Å². The second kappa shape index (κ2) is 11.7. The maximum atomic E-state index is 14.3. The Balaban J connectivity index is 1.64. The van der Waals surface area contributed by atoms with Crippen LogP contribution in [0.5, 0.6) is 0 Å². The number of amides is 2. The lowest BCUT2D eigenvalue weighted by Crippen LogP contribution is -2.58. The zero-order valence-corrected chi connectivity index (χ0v) is 22.0. The van der Waals surface area contributed by atoms with E-state index in [2.05, 4.69) is 25.0 Å². The first-order chi connectivity index (χ1) is 17.4. The van der Waals surface area contributed by atoms with Crippen LogP contribution < -0.4 is 0 Å². The van der Waals surface area contributed by atoms with Crippen LogP contribution in [0.3, 0.4) is 0 Å². The number of hydrogen-bond acceptors (Lipinski definition) is 8.